The standard InChI is InChI=1S/C23H26N2O6/c1-4-29-20-11-16(9-10-19(20)30-13-15(2)3)23(28)31-14-22(27)25-12-21(26)24-17-7-5-6-8-18(17)25/h5-11,15H,4,12-14H2,1-3H3,(H,24,26). The molecular formula is C23H26N2O6. The molecule has 1 aliphatic rings. The number of anilines is 2. The number of rotatable bonds is 8. The number of carbonyl (C=O) groups is 3. The van der Waals surface area contributed by atoms with Crippen molar-refractivity contribution in [2.75, 3.05) is 36.6 Å². The van der Waals surface area contributed by atoms with E-state index in [1.165, 1.54) is 11.0 Å². The molecule has 2 amide bonds. The monoisotopic (exact) mass is 426 g/mol. The van der Waals surface area contributed by atoms with Crippen molar-refractivity contribution in [3.8, 4) is 11.5 Å². The normalized spacial score (nSPS) is 12.8. The van der Waals surface area contributed by atoms with Gasteiger partial charge in [-0.25, -0.2) is 4.79 Å². The first-order valence-corrected chi connectivity index (χ1v) is 10.1. The molecule has 0 aliphatic carbocycles. The Morgan fingerprint density at radius 2 is 1.87 bits per heavy atom. The van der Waals surface area contributed by atoms with E-state index >= 15 is 0 Å². The van der Waals surface area contributed by atoms with Crippen LogP contribution in [0.25, 0.3) is 0 Å². The molecule has 0 atom stereocenters. The number of nitrogens with zero attached hydrogens (tertiary/aromatic N) is 1. The fraction of sp³-hybridized carbons (Fsp3) is 0.348. The molecule has 8 nitrogen and oxygen atoms in total. The van der Waals surface area contributed by atoms with Crippen molar-refractivity contribution in [1.82, 2.24) is 0 Å². The van der Waals surface area contributed by atoms with Gasteiger partial charge in [0.1, 0.15) is 6.54 Å². The molecule has 0 radical (unpaired) electrons. The zero-order valence-corrected chi connectivity index (χ0v) is 17.8. The molecule has 1 heterocycles. The average Bonchev–Trinajstić information content (AvgIpc) is 2.75. The van der Waals surface area contributed by atoms with Crippen molar-refractivity contribution in [3.63, 3.8) is 0 Å². The maximum atomic E-state index is 12.6. The molecule has 0 saturated heterocycles. The second-order valence-corrected chi connectivity index (χ2v) is 7.42. The highest BCUT2D eigenvalue weighted by atomic mass is 16.5. The molecule has 1 aliphatic heterocycles. The molecule has 0 unspecified atom stereocenters. The van der Waals surface area contributed by atoms with E-state index in [1.54, 1.807) is 36.4 Å². The highest BCUT2D eigenvalue weighted by Gasteiger charge is 2.27. The van der Waals surface area contributed by atoms with E-state index in [0.717, 1.165) is 0 Å². The van der Waals surface area contributed by atoms with Crippen LogP contribution >= 0.6 is 0 Å². The van der Waals surface area contributed by atoms with Gasteiger partial charge in [0.25, 0.3) is 5.91 Å². The summed E-state index contributed by atoms with van der Waals surface area (Å²) in [5, 5.41) is 2.71. The zero-order valence-electron chi connectivity index (χ0n) is 17.8. The summed E-state index contributed by atoms with van der Waals surface area (Å²) in [5.41, 5.74) is 1.34. The first-order chi connectivity index (χ1) is 14.9. The summed E-state index contributed by atoms with van der Waals surface area (Å²) in [6.45, 7) is 6.21. The first kappa shape index (κ1) is 22.1. The molecule has 1 N–H and O–H groups in total. The predicted octanol–water partition coefficient (Wildman–Crippen LogP) is 3.26. The van der Waals surface area contributed by atoms with E-state index in [2.05, 4.69) is 5.32 Å². The van der Waals surface area contributed by atoms with E-state index in [1.807, 2.05) is 20.8 Å². The number of para-hydroxylation sites is 2. The van der Waals surface area contributed by atoms with E-state index in [4.69, 9.17) is 14.2 Å². The van der Waals surface area contributed by atoms with Crippen LogP contribution in [0.1, 0.15) is 31.1 Å². The topological polar surface area (TPSA) is 94.2 Å². The molecule has 3 rings (SSSR count). The number of benzene rings is 2. The van der Waals surface area contributed by atoms with Crippen molar-refractivity contribution < 1.29 is 28.6 Å². The summed E-state index contributed by atoms with van der Waals surface area (Å²) in [5.74, 6) is -0.148. The van der Waals surface area contributed by atoms with Gasteiger partial charge in [0.15, 0.2) is 18.1 Å². The summed E-state index contributed by atoms with van der Waals surface area (Å²) >= 11 is 0. The zero-order chi connectivity index (χ0) is 22.4. The molecule has 0 fully saturated rings. The largest absolute Gasteiger partial charge is 0.490 e. The minimum absolute atomic E-state index is 0.135. The first-order valence-electron chi connectivity index (χ1n) is 10.1. The third-order valence-electron chi connectivity index (χ3n) is 4.45. The Morgan fingerprint density at radius 1 is 1.10 bits per heavy atom. The summed E-state index contributed by atoms with van der Waals surface area (Å²) in [6.07, 6.45) is 0. The van der Waals surface area contributed by atoms with Crippen LogP contribution in [0.4, 0.5) is 11.4 Å². The van der Waals surface area contributed by atoms with Crippen LogP contribution in [-0.2, 0) is 14.3 Å². The minimum atomic E-state index is -0.667. The van der Waals surface area contributed by atoms with E-state index < -0.39 is 18.5 Å². The Bertz CT molecular complexity index is 972. The van der Waals surface area contributed by atoms with Crippen LogP contribution in [0.5, 0.6) is 11.5 Å². The molecule has 0 saturated carbocycles. The highest BCUT2D eigenvalue weighted by molar-refractivity contribution is 6.10. The van der Waals surface area contributed by atoms with Gasteiger partial charge >= 0.3 is 5.97 Å². The Labute approximate surface area is 181 Å². The fourth-order valence-electron chi connectivity index (χ4n) is 3.02. The van der Waals surface area contributed by atoms with E-state index in [9.17, 15) is 14.4 Å². The third-order valence-corrected chi connectivity index (χ3v) is 4.45. The maximum Gasteiger partial charge on any atom is 0.338 e. The van der Waals surface area contributed by atoms with Gasteiger partial charge in [0.05, 0.1) is 30.2 Å². The number of amides is 2. The molecule has 164 valence electrons. The van der Waals surface area contributed by atoms with Gasteiger partial charge < -0.3 is 19.5 Å². The summed E-state index contributed by atoms with van der Waals surface area (Å²) < 4.78 is 16.5. The van der Waals surface area contributed by atoms with Gasteiger partial charge in [0, 0.05) is 0 Å². The summed E-state index contributed by atoms with van der Waals surface area (Å²) in [4.78, 5) is 38.3. The molecule has 0 aromatic heterocycles. The number of ether oxygens (including phenoxy) is 3. The molecular weight excluding hydrogens is 400 g/mol. The Kier molecular flexibility index (Phi) is 7.12. The molecule has 2 aromatic carbocycles. The quantitative estimate of drug-likeness (QED) is 0.651. The molecule has 0 spiro atoms. The van der Waals surface area contributed by atoms with Gasteiger partial charge in [-0.05, 0) is 43.2 Å². The van der Waals surface area contributed by atoms with Crippen molar-refractivity contribution in [1.29, 1.82) is 0 Å². The van der Waals surface area contributed by atoms with Gasteiger partial charge in [-0.1, -0.05) is 26.0 Å². The van der Waals surface area contributed by atoms with Gasteiger partial charge in [0.2, 0.25) is 5.91 Å². The lowest BCUT2D eigenvalue weighted by atomic mass is 10.2. The van der Waals surface area contributed by atoms with Gasteiger partial charge in [-0.15, -0.1) is 0 Å². The summed E-state index contributed by atoms with van der Waals surface area (Å²) in [6, 6.07) is 11.7. The molecule has 2 aromatic rings. The number of hydrogen-bond acceptors (Lipinski definition) is 6. The number of carbonyl (C=O) groups excluding carboxylic acids is 3. The Hall–Kier alpha value is -3.55. The molecule has 8 heteroatoms. The van der Waals surface area contributed by atoms with Crippen LogP contribution in [0.3, 0.4) is 0 Å². The highest BCUT2D eigenvalue weighted by Crippen LogP contribution is 2.30. The van der Waals surface area contributed by atoms with Crippen LogP contribution in [0.2, 0.25) is 0 Å². The predicted molar refractivity (Wildman–Crippen MR) is 116 cm³/mol. The van der Waals surface area contributed by atoms with Crippen LogP contribution in [-0.4, -0.2) is 44.1 Å². The Balaban J connectivity index is 1.67. The number of nitrogens with one attached hydrogen (secondary N) is 1. The third kappa shape index (κ3) is 5.53. The van der Waals surface area contributed by atoms with Crippen molar-refractivity contribution in [3.05, 3.63) is 48.0 Å². The lowest BCUT2D eigenvalue weighted by Crippen LogP contribution is -2.44. The van der Waals surface area contributed by atoms with Crippen molar-refractivity contribution in [2.24, 2.45) is 5.92 Å². The molecule has 0 bridgehead atoms. The molecule has 31 heavy (non-hydrogen) atoms. The second-order valence-electron chi connectivity index (χ2n) is 7.42. The van der Waals surface area contributed by atoms with Crippen LogP contribution in [0.15, 0.2) is 42.5 Å². The van der Waals surface area contributed by atoms with Gasteiger partial charge in [-0.3, -0.25) is 14.5 Å². The average molecular weight is 426 g/mol. The van der Waals surface area contributed by atoms with Crippen LogP contribution < -0.4 is 19.7 Å². The smallest absolute Gasteiger partial charge is 0.338 e. The van der Waals surface area contributed by atoms with E-state index in [-0.39, 0.29) is 18.0 Å². The number of fused-ring (bicyclic) bond motifs is 1. The van der Waals surface area contributed by atoms with E-state index in [0.29, 0.717) is 42.0 Å². The lowest BCUT2D eigenvalue weighted by molar-refractivity contribution is -0.124. The van der Waals surface area contributed by atoms with Gasteiger partial charge in [-0.2, -0.15) is 0 Å². The number of hydrogen-bond donors (Lipinski definition) is 1. The number of esters is 1. The van der Waals surface area contributed by atoms with Crippen molar-refractivity contribution >= 4 is 29.2 Å². The Morgan fingerprint density at radius 3 is 2.61 bits per heavy atom. The second kappa shape index (κ2) is 9.97. The fourth-order valence-corrected chi connectivity index (χ4v) is 3.02. The van der Waals surface area contributed by atoms with Crippen molar-refractivity contribution in [2.45, 2.75) is 20.8 Å². The lowest BCUT2D eigenvalue weighted by Gasteiger charge is -2.28. The summed E-state index contributed by atoms with van der Waals surface area (Å²) in [7, 11) is 0. The SMILES string of the molecule is CCOc1cc(C(=O)OCC(=O)N2CC(=O)Nc3ccccc32)ccc1OCC(C)C. The maximum absolute atomic E-state index is 12.6. The minimum Gasteiger partial charge on any atom is -0.490 e. The van der Waals surface area contributed by atoms with Crippen LogP contribution in [0, 0.1) is 5.92 Å².